The molecule has 0 aliphatic rings. The molecule has 0 fully saturated rings. The van der Waals surface area contributed by atoms with Crippen molar-refractivity contribution in [2.24, 2.45) is 5.92 Å². The molecule has 0 radical (unpaired) electrons. The first-order valence-electron chi connectivity index (χ1n) is 2.25. The Morgan fingerprint density at radius 2 is 2.43 bits per heavy atom. The van der Waals surface area contributed by atoms with E-state index >= 15 is 0 Å². The van der Waals surface area contributed by atoms with Gasteiger partial charge in [-0.15, -0.1) is 0 Å². The highest BCUT2D eigenvalue weighted by Crippen LogP contribution is 1.99. The van der Waals surface area contributed by atoms with Crippen molar-refractivity contribution in [1.82, 2.24) is 0 Å². The number of carbonyl (C=O) groups is 1. The van der Waals surface area contributed by atoms with Crippen LogP contribution in [0.5, 0.6) is 0 Å². The monoisotopic (exact) mass is 118 g/mol. The van der Waals surface area contributed by atoms with Crippen molar-refractivity contribution in [2.75, 3.05) is 12.0 Å². The van der Waals surface area contributed by atoms with Crippen LogP contribution in [-0.4, -0.2) is 18.3 Å². The lowest BCUT2D eigenvalue weighted by molar-refractivity contribution is -0.110. The van der Waals surface area contributed by atoms with Gasteiger partial charge in [0.05, 0.1) is 0 Å². The maximum Gasteiger partial charge on any atom is 0.123 e. The summed E-state index contributed by atoms with van der Waals surface area (Å²) in [6, 6.07) is 0. The molecule has 0 saturated heterocycles. The van der Waals surface area contributed by atoms with E-state index in [1.54, 1.807) is 11.8 Å². The molecule has 0 aliphatic heterocycles. The van der Waals surface area contributed by atoms with E-state index in [1.165, 1.54) is 0 Å². The molecule has 0 aromatic rings. The van der Waals surface area contributed by atoms with Crippen LogP contribution >= 0.6 is 11.8 Å². The van der Waals surface area contributed by atoms with E-state index in [0.717, 1.165) is 12.0 Å². The van der Waals surface area contributed by atoms with Crippen molar-refractivity contribution >= 4 is 18.0 Å². The van der Waals surface area contributed by atoms with Gasteiger partial charge in [-0.3, -0.25) is 0 Å². The lowest BCUT2D eigenvalue weighted by atomic mass is 10.3. The van der Waals surface area contributed by atoms with Crippen LogP contribution in [0.1, 0.15) is 6.92 Å². The highest BCUT2D eigenvalue weighted by molar-refractivity contribution is 7.98. The number of hydrogen-bond acceptors (Lipinski definition) is 2. The highest BCUT2D eigenvalue weighted by Gasteiger charge is 1.93. The van der Waals surface area contributed by atoms with Gasteiger partial charge in [0.1, 0.15) is 6.29 Å². The summed E-state index contributed by atoms with van der Waals surface area (Å²) in [4.78, 5) is 9.88. The first kappa shape index (κ1) is 7.02. The van der Waals surface area contributed by atoms with Crippen molar-refractivity contribution in [3.8, 4) is 0 Å². The Bertz CT molecular complexity index is 54.0. The summed E-state index contributed by atoms with van der Waals surface area (Å²) in [5.74, 6) is 1.18. The standard InChI is InChI=1S/C5H10OS/c1-5(3-6)4-7-2/h3,5H,4H2,1-2H3. The van der Waals surface area contributed by atoms with Crippen LogP contribution in [0, 0.1) is 5.92 Å². The van der Waals surface area contributed by atoms with Crippen LogP contribution in [0.25, 0.3) is 0 Å². The largest absolute Gasteiger partial charge is 0.303 e. The Hall–Kier alpha value is 0.0200. The minimum atomic E-state index is 0.231. The van der Waals surface area contributed by atoms with Gasteiger partial charge < -0.3 is 4.79 Å². The molecule has 0 rings (SSSR count). The molecule has 0 bridgehead atoms. The van der Waals surface area contributed by atoms with Crippen LogP contribution in [-0.2, 0) is 4.79 Å². The van der Waals surface area contributed by atoms with Gasteiger partial charge in [0.2, 0.25) is 0 Å². The highest BCUT2D eigenvalue weighted by atomic mass is 32.2. The maximum atomic E-state index is 9.88. The van der Waals surface area contributed by atoms with Gasteiger partial charge >= 0.3 is 0 Å². The van der Waals surface area contributed by atoms with Crippen molar-refractivity contribution in [3.05, 3.63) is 0 Å². The number of carbonyl (C=O) groups excluding carboxylic acids is 1. The van der Waals surface area contributed by atoms with Crippen molar-refractivity contribution < 1.29 is 4.79 Å². The first-order valence-corrected chi connectivity index (χ1v) is 3.65. The third-order valence-corrected chi connectivity index (χ3v) is 1.52. The zero-order valence-electron chi connectivity index (χ0n) is 4.68. The topological polar surface area (TPSA) is 17.1 Å². The van der Waals surface area contributed by atoms with Gasteiger partial charge in [0, 0.05) is 11.7 Å². The molecule has 0 amide bonds. The maximum absolute atomic E-state index is 9.88. The van der Waals surface area contributed by atoms with Gasteiger partial charge in [0.25, 0.3) is 0 Å². The molecule has 7 heavy (non-hydrogen) atoms. The zero-order valence-corrected chi connectivity index (χ0v) is 5.49. The molecule has 1 atom stereocenters. The fourth-order valence-corrected chi connectivity index (χ4v) is 0.907. The molecular formula is C5H10OS. The van der Waals surface area contributed by atoms with Gasteiger partial charge in [0.15, 0.2) is 0 Å². The normalized spacial score (nSPS) is 13.4. The number of aldehydes is 1. The van der Waals surface area contributed by atoms with Crippen LogP contribution in [0.2, 0.25) is 0 Å². The Kier molecular flexibility index (Phi) is 4.20. The van der Waals surface area contributed by atoms with Crippen LogP contribution in [0.15, 0.2) is 0 Å². The predicted molar refractivity (Wildman–Crippen MR) is 33.6 cm³/mol. The molecule has 0 N–H and O–H groups in total. The molecule has 42 valence electrons. The molecule has 1 unspecified atom stereocenters. The average molecular weight is 118 g/mol. The van der Waals surface area contributed by atoms with Crippen molar-refractivity contribution in [3.63, 3.8) is 0 Å². The van der Waals surface area contributed by atoms with Crippen molar-refractivity contribution in [1.29, 1.82) is 0 Å². The number of rotatable bonds is 3. The summed E-state index contributed by atoms with van der Waals surface area (Å²) in [7, 11) is 0. The lowest BCUT2D eigenvalue weighted by Crippen LogP contribution is -1.97. The second-order valence-electron chi connectivity index (χ2n) is 1.57. The Labute approximate surface area is 48.5 Å². The minimum absolute atomic E-state index is 0.231. The van der Waals surface area contributed by atoms with Crippen LogP contribution in [0.4, 0.5) is 0 Å². The minimum Gasteiger partial charge on any atom is -0.303 e. The van der Waals surface area contributed by atoms with Gasteiger partial charge in [-0.1, -0.05) is 6.92 Å². The van der Waals surface area contributed by atoms with Crippen molar-refractivity contribution in [2.45, 2.75) is 6.92 Å². The second-order valence-corrected chi connectivity index (χ2v) is 2.48. The molecule has 0 spiro atoms. The van der Waals surface area contributed by atoms with E-state index in [2.05, 4.69) is 0 Å². The summed E-state index contributed by atoms with van der Waals surface area (Å²) in [5.41, 5.74) is 0. The summed E-state index contributed by atoms with van der Waals surface area (Å²) in [6.07, 6.45) is 2.98. The van der Waals surface area contributed by atoms with Gasteiger partial charge in [-0.2, -0.15) is 11.8 Å². The second kappa shape index (κ2) is 4.19. The van der Waals surface area contributed by atoms with E-state index in [9.17, 15) is 4.79 Å². The van der Waals surface area contributed by atoms with E-state index in [-0.39, 0.29) is 5.92 Å². The predicted octanol–water partition coefficient (Wildman–Crippen LogP) is 1.18. The third-order valence-electron chi connectivity index (χ3n) is 0.662. The molecular weight excluding hydrogens is 108 g/mol. The number of hydrogen-bond donors (Lipinski definition) is 0. The van der Waals surface area contributed by atoms with Gasteiger partial charge in [-0.25, -0.2) is 0 Å². The Balaban J connectivity index is 2.98. The number of thioether (sulfide) groups is 1. The smallest absolute Gasteiger partial charge is 0.123 e. The summed E-state index contributed by atoms with van der Waals surface area (Å²) >= 11 is 1.70. The molecule has 0 aliphatic carbocycles. The summed E-state index contributed by atoms with van der Waals surface area (Å²) < 4.78 is 0. The van der Waals surface area contributed by atoms with E-state index in [4.69, 9.17) is 0 Å². The lowest BCUT2D eigenvalue weighted by Gasteiger charge is -1.94. The summed E-state index contributed by atoms with van der Waals surface area (Å²) in [5, 5.41) is 0. The fraction of sp³-hybridized carbons (Fsp3) is 0.800. The summed E-state index contributed by atoms with van der Waals surface area (Å²) in [6.45, 7) is 1.92. The van der Waals surface area contributed by atoms with E-state index in [1.807, 2.05) is 13.2 Å². The van der Waals surface area contributed by atoms with Crippen LogP contribution in [0.3, 0.4) is 0 Å². The molecule has 0 heterocycles. The van der Waals surface area contributed by atoms with E-state index < -0.39 is 0 Å². The van der Waals surface area contributed by atoms with Crippen LogP contribution < -0.4 is 0 Å². The average Bonchev–Trinajstić information content (AvgIpc) is 1.68. The Morgan fingerprint density at radius 1 is 1.86 bits per heavy atom. The van der Waals surface area contributed by atoms with E-state index in [0.29, 0.717) is 0 Å². The SMILES string of the molecule is CSCC(C)C=O. The molecule has 0 aromatic carbocycles. The molecule has 0 saturated carbocycles. The fourth-order valence-electron chi connectivity index (χ4n) is 0.302. The molecule has 1 nitrogen and oxygen atoms in total. The Morgan fingerprint density at radius 3 is 2.57 bits per heavy atom. The third kappa shape index (κ3) is 3.86. The first-order chi connectivity index (χ1) is 3.31. The quantitative estimate of drug-likeness (QED) is 0.518. The molecule has 2 heteroatoms. The zero-order chi connectivity index (χ0) is 5.70. The van der Waals surface area contributed by atoms with Gasteiger partial charge in [-0.05, 0) is 6.26 Å². The molecule has 0 aromatic heterocycles.